The molecule has 25 heavy (non-hydrogen) atoms. The summed E-state index contributed by atoms with van der Waals surface area (Å²) in [6.07, 6.45) is 2.96. The minimum absolute atomic E-state index is 0.131. The molecule has 1 aromatic heterocycles. The topological polar surface area (TPSA) is 46.9 Å². The van der Waals surface area contributed by atoms with Crippen molar-refractivity contribution in [2.24, 2.45) is 0 Å². The first-order chi connectivity index (χ1) is 12.2. The number of aromatic nitrogens is 2. The molecule has 3 aromatic rings. The van der Waals surface area contributed by atoms with Gasteiger partial charge in [0.2, 0.25) is 5.91 Å². The standard InChI is InChI=1S/C21H23N3O/c1-3-21(25)22-14-6-9-20-23-18-7-4-5-8-19(18)24(20)15-17-12-10-16(2)11-13-17/h3-5,7-8,10-13H,1,6,9,14-15H2,2H3,(H,22,25). The molecule has 0 fully saturated rings. The summed E-state index contributed by atoms with van der Waals surface area (Å²) < 4.78 is 2.27. The van der Waals surface area contributed by atoms with E-state index in [-0.39, 0.29) is 5.91 Å². The number of benzene rings is 2. The Labute approximate surface area is 148 Å². The predicted octanol–water partition coefficient (Wildman–Crippen LogP) is 3.63. The molecular weight excluding hydrogens is 310 g/mol. The van der Waals surface area contributed by atoms with Crippen molar-refractivity contribution in [3.8, 4) is 0 Å². The zero-order chi connectivity index (χ0) is 17.6. The lowest BCUT2D eigenvalue weighted by Gasteiger charge is -2.10. The number of para-hydroxylation sites is 2. The molecule has 0 aliphatic heterocycles. The van der Waals surface area contributed by atoms with E-state index in [9.17, 15) is 4.79 Å². The summed E-state index contributed by atoms with van der Waals surface area (Å²) in [6.45, 7) is 6.99. The highest BCUT2D eigenvalue weighted by Gasteiger charge is 2.10. The maximum atomic E-state index is 11.2. The van der Waals surface area contributed by atoms with Crippen molar-refractivity contribution >= 4 is 16.9 Å². The van der Waals surface area contributed by atoms with Gasteiger partial charge in [-0.2, -0.15) is 0 Å². The van der Waals surface area contributed by atoms with Crippen LogP contribution in [0.4, 0.5) is 0 Å². The summed E-state index contributed by atoms with van der Waals surface area (Å²) in [5.74, 6) is 0.919. The summed E-state index contributed by atoms with van der Waals surface area (Å²) in [7, 11) is 0. The number of carbonyl (C=O) groups excluding carboxylic acids is 1. The zero-order valence-corrected chi connectivity index (χ0v) is 14.5. The number of imidazole rings is 1. The molecule has 1 heterocycles. The minimum Gasteiger partial charge on any atom is -0.353 e. The second kappa shape index (κ2) is 7.79. The molecular formula is C21H23N3O. The van der Waals surface area contributed by atoms with E-state index in [1.165, 1.54) is 17.2 Å². The highest BCUT2D eigenvalue weighted by molar-refractivity contribution is 5.86. The number of nitrogens with zero attached hydrogens (tertiary/aromatic N) is 2. The number of hydrogen-bond acceptors (Lipinski definition) is 2. The number of aryl methyl sites for hydroxylation is 2. The van der Waals surface area contributed by atoms with Gasteiger partial charge in [-0.05, 0) is 37.1 Å². The Morgan fingerprint density at radius 1 is 1.20 bits per heavy atom. The van der Waals surface area contributed by atoms with Crippen LogP contribution in [-0.2, 0) is 17.8 Å². The molecule has 0 aliphatic carbocycles. The molecule has 0 saturated heterocycles. The number of carbonyl (C=O) groups is 1. The van der Waals surface area contributed by atoms with Gasteiger partial charge in [-0.15, -0.1) is 0 Å². The summed E-state index contributed by atoms with van der Waals surface area (Å²) in [6, 6.07) is 16.8. The first-order valence-corrected chi connectivity index (χ1v) is 8.57. The van der Waals surface area contributed by atoms with E-state index in [4.69, 9.17) is 4.98 Å². The van der Waals surface area contributed by atoms with Crippen molar-refractivity contribution in [1.29, 1.82) is 0 Å². The van der Waals surface area contributed by atoms with Gasteiger partial charge in [0.15, 0.2) is 0 Å². The Balaban J connectivity index is 1.80. The van der Waals surface area contributed by atoms with Crippen LogP contribution in [0.5, 0.6) is 0 Å². The van der Waals surface area contributed by atoms with Crippen LogP contribution in [0.15, 0.2) is 61.2 Å². The maximum absolute atomic E-state index is 11.2. The second-order valence-electron chi connectivity index (χ2n) is 6.19. The molecule has 4 nitrogen and oxygen atoms in total. The molecule has 2 aromatic carbocycles. The predicted molar refractivity (Wildman–Crippen MR) is 102 cm³/mol. The monoisotopic (exact) mass is 333 g/mol. The Hall–Kier alpha value is -2.88. The maximum Gasteiger partial charge on any atom is 0.243 e. The normalized spacial score (nSPS) is 10.8. The van der Waals surface area contributed by atoms with Crippen molar-refractivity contribution in [2.75, 3.05) is 6.54 Å². The highest BCUT2D eigenvalue weighted by atomic mass is 16.1. The Morgan fingerprint density at radius 2 is 1.96 bits per heavy atom. The molecule has 0 spiro atoms. The molecule has 128 valence electrons. The quantitative estimate of drug-likeness (QED) is 0.530. The third kappa shape index (κ3) is 4.15. The third-order valence-corrected chi connectivity index (χ3v) is 4.26. The third-order valence-electron chi connectivity index (χ3n) is 4.26. The van der Waals surface area contributed by atoms with Crippen LogP contribution in [0.3, 0.4) is 0 Å². The Bertz CT molecular complexity index is 878. The number of hydrogen-bond donors (Lipinski definition) is 1. The van der Waals surface area contributed by atoms with Crippen LogP contribution < -0.4 is 5.32 Å². The average molecular weight is 333 g/mol. The Kier molecular flexibility index (Phi) is 5.29. The van der Waals surface area contributed by atoms with E-state index in [2.05, 4.69) is 53.7 Å². The van der Waals surface area contributed by atoms with Gasteiger partial charge in [-0.1, -0.05) is 48.5 Å². The molecule has 0 atom stereocenters. The van der Waals surface area contributed by atoms with Crippen LogP contribution in [-0.4, -0.2) is 22.0 Å². The van der Waals surface area contributed by atoms with E-state index in [0.717, 1.165) is 36.2 Å². The largest absolute Gasteiger partial charge is 0.353 e. The molecule has 0 bridgehead atoms. The van der Waals surface area contributed by atoms with Gasteiger partial charge in [0, 0.05) is 19.5 Å². The molecule has 0 aliphatic rings. The lowest BCUT2D eigenvalue weighted by Crippen LogP contribution is -2.22. The van der Waals surface area contributed by atoms with Gasteiger partial charge in [0.25, 0.3) is 0 Å². The van der Waals surface area contributed by atoms with Gasteiger partial charge in [-0.25, -0.2) is 4.98 Å². The fraction of sp³-hybridized carbons (Fsp3) is 0.238. The fourth-order valence-corrected chi connectivity index (χ4v) is 2.90. The van der Waals surface area contributed by atoms with Crippen molar-refractivity contribution in [3.63, 3.8) is 0 Å². The van der Waals surface area contributed by atoms with E-state index in [1.807, 2.05) is 18.2 Å². The zero-order valence-electron chi connectivity index (χ0n) is 14.5. The lowest BCUT2D eigenvalue weighted by molar-refractivity contribution is -0.116. The molecule has 0 unspecified atom stereocenters. The van der Waals surface area contributed by atoms with Gasteiger partial charge in [-0.3, -0.25) is 4.79 Å². The molecule has 1 N–H and O–H groups in total. The summed E-state index contributed by atoms with van der Waals surface area (Å²) in [5.41, 5.74) is 4.68. The summed E-state index contributed by atoms with van der Waals surface area (Å²) >= 11 is 0. The van der Waals surface area contributed by atoms with Crippen LogP contribution in [0.25, 0.3) is 11.0 Å². The molecule has 0 saturated carbocycles. The van der Waals surface area contributed by atoms with E-state index in [0.29, 0.717) is 6.54 Å². The van der Waals surface area contributed by atoms with Crippen LogP contribution >= 0.6 is 0 Å². The van der Waals surface area contributed by atoms with Gasteiger partial charge >= 0.3 is 0 Å². The highest BCUT2D eigenvalue weighted by Crippen LogP contribution is 2.19. The van der Waals surface area contributed by atoms with Crippen molar-refractivity contribution in [3.05, 3.63) is 78.1 Å². The summed E-state index contributed by atoms with van der Waals surface area (Å²) in [5, 5.41) is 2.82. The second-order valence-corrected chi connectivity index (χ2v) is 6.19. The van der Waals surface area contributed by atoms with Crippen LogP contribution in [0, 0.1) is 6.92 Å². The van der Waals surface area contributed by atoms with Crippen molar-refractivity contribution < 1.29 is 4.79 Å². The lowest BCUT2D eigenvalue weighted by atomic mass is 10.1. The summed E-state index contributed by atoms with van der Waals surface area (Å²) in [4.78, 5) is 16.0. The number of fused-ring (bicyclic) bond motifs is 1. The first kappa shape index (κ1) is 17.0. The van der Waals surface area contributed by atoms with E-state index >= 15 is 0 Å². The SMILES string of the molecule is C=CC(=O)NCCCc1nc2ccccc2n1Cc1ccc(C)cc1. The molecule has 1 amide bonds. The van der Waals surface area contributed by atoms with Crippen molar-refractivity contribution in [2.45, 2.75) is 26.3 Å². The van der Waals surface area contributed by atoms with Gasteiger partial charge in [0.1, 0.15) is 5.82 Å². The van der Waals surface area contributed by atoms with E-state index in [1.54, 1.807) is 0 Å². The van der Waals surface area contributed by atoms with E-state index < -0.39 is 0 Å². The number of nitrogens with one attached hydrogen (secondary N) is 1. The molecule has 4 heteroatoms. The number of rotatable bonds is 7. The molecule has 0 radical (unpaired) electrons. The van der Waals surface area contributed by atoms with Gasteiger partial charge < -0.3 is 9.88 Å². The van der Waals surface area contributed by atoms with Crippen LogP contribution in [0.1, 0.15) is 23.4 Å². The first-order valence-electron chi connectivity index (χ1n) is 8.57. The van der Waals surface area contributed by atoms with Crippen molar-refractivity contribution in [1.82, 2.24) is 14.9 Å². The van der Waals surface area contributed by atoms with Crippen LogP contribution in [0.2, 0.25) is 0 Å². The average Bonchev–Trinajstić information content (AvgIpc) is 2.98. The number of amides is 1. The molecule has 3 rings (SSSR count). The van der Waals surface area contributed by atoms with Gasteiger partial charge in [0.05, 0.1) is 11.0 Å². The fourth-order valence-electron chi connectivity index (χ4n) is 2.90. The smallest absolute Gasteiger partial charge is 0.243 e. The minimum atomic E-state index is -0.131. The Morgan fingerprint density at radius 3 is 2.72 bits per heavy atom.